The minimum Gasteiger partial charge on any atom is -0.353 e. The molecule has 1 aromatic carbocycles. The second-order valence-corrected chi connectivity index (χ2v) is 5.24. The number of hydrogen-bond donors (Lipinski definition) is 1. The highest BCUT2D eigenvalue weighted by Gasteiger charge is 2.22. The first kappa shape index (κ1) is 11.5. The molecule has 0 heterocycles. The Labute approximate surface area is 101 Å². The summed E-state index contributed by atoms with van der Waals surface area (Å²) in [6, 6.07) is 10.9. The molecule has 3 heteroatoms. The van der Waals surface area contributed by atoms with Gasteiger partial charge >= 0.3 is 0 Å². The lowest BCUT2D eigenvalue weighted by Crippen LogP contribution is -2.25. The van der Waals surface area contributed by atoms with Crippen LogP contribution in [0.15, 0.2) is 30.3 Å². The molecule has 16 heavy (non-hydrogen) atoms. The first-order chi connectivity index (χ1) is 7.84. The fourth-order valence-electron chi connectivity index (χ4n) is 1.46. The summed E-state index contributed by atoms with van der Waals surface area (Å²) in [5, 5.41) is 3.00. The largest absolute Gasteiger partial charge is 0.353 e. The van der Waals surface area contributed by atoms with Gasteiger partial charge < -0.3 is 5.32 Å². The Morgan fingerprint density at radius 2 is 2.06 bits per heavy atom. The summed E-state index contributed by atoms with van der Waals surface area (Å²) in [5.74, 6) is 2.12. The van der Waals surface area contributed by atoms with Crippen LogP contribution in [0, 0.1) is 0 Å². The van der Waals surface area contributed by atoms with Crippen LogP contribution >= 0.6 is 11.8 Å². The van der Waals surface area contributed by atoms with E-state index in [0.29, 0.717) is 12.5 Å². The minimum absolute atomic E-state index is 0.211. The van der Waals surface area contributed by atoms with E-state index in [1.807, 2.05) is 17.8 Å². The molecule has 1 aromatic rings. The molecule has 0 radical (unpaired) electrons. The molecule has 0 saturated heterocycles. The van der Waals surface area contributed by atoms with E-state index in [1.165, 1.54) is 18.4 Å². The molecule has 0 bridgehead atoms. The van der Waals surface area contributed by atoms with Crippen molar-refractivity contribution in [1.29, 1.82) is 0 Å². The third-order valence-corrected chi connectivity index (χ3v) is 3.56. The maximum absolute atomic E-state index is 11.4. The predicted molar refractivity (Wildman–Crippen MR) is 68.4 cm³/mol. The highest BCUT2D eigenvalue weighted by atomic mass is 32.2. The molecular weight excluding hydrogens is 218 g/mol. The minimum atomic E-state index is 0.211. The van der Waals surface area contributed by atoms with Gasteiger partial charge in [0.2, 0.25) is 5.91 Å². The number of carbonyl (C=O) groups excluding carboxylic acids is 1. The molecule has 0 aromatic heterocycles. The van der Waals surface area contributed by atoms with Crippen molar-refractivity contribution in [2.45, 2.75) is 31.1 Å². The van der Waals surface area contributed by atoms with Crippen molar-refractivity contribution in [1.82, 2.24) is 5.32 Å². The topological polar surface area (TPSA) is 29.1 Å². The Balaban J connectivity index is 1.56. The first-order valence-electron chi connectivity index (χ1n) is 5.75. The van der Waals surface area contributed by atoms with E-state index in [4.69, 9.17) is 0 Å². The van der Waals surface area contributed by atoms with Crippen LogP contribution in [0.1, 0.15) is 24.8 Å². The van der Waals surface area contributed by atoms with Crippen molar-refractivity contribution in [2.75, 3.05) is 5.75 Å². The van der Waals surface area contributed by atoms with Crippen molar-refractivity contribution in [3.63, 3.8) is 0 Å². The average Bonchev–Trinajstić information content (AvgIpc) is 3.10. The van der Waals surface area contributed by atoms with Crippen LogP contribution in [0.2, 0.25) is 0 Å². The van der Waals surface area contributed by atoms with Crippen LogP contribution < -0.4 is 5.32 Å². The van der Waals surface area contributed by atoms with Gasteiger partial charge in [-0.05, 0) is 18.4 Å². The van der Waals surface area contributed by atoms with Crippen molar-refractivity contribution >= 4 is 17.7 Å². The lowest BCUT2D eigenvalue weighted by Gasteiger charge is -2.03. The fraction of sp³-hybridized carbons (Fsp3) is 0.462. The molecule has 1 N–H and O–H groups in total. The summed E-state index contributed by atoms with van der Waals surface area (Å²) in [5.41, 5.74) is 1.33. The number of thioether (sulfide) groups is 1. The van der Waals surface area contributed by atoms with Gasteiger partial charge in [0.15, 0.2) is 0 Å². The zero-order valence-electron chi connectivity index (χ0n) is 9.32. The number of amides is 1. The van der Waals surface area contributed by atoms with Gasteiger partial charge in [0.25, 0.3) is 0 Å². The van der Waals surface area contributed by atoms with Crippen molar-refractivity contribution < 1.29 is 4.79 Å². The summed E-state index contributed by atoms with van der Waals surface area (Å²) >= 11 is 1.82. The molecule has 86 valence electrons. The quantitative estimate of drug-likeness (QED) is 0.768. The molecule has 0 atom stereocenters. The molecule has 1 aliphatic rings. The molecule has 1 fully saturated rings. The van der Waals surface area contributed by atoms with Gasteiger partial charge in [-0.25, -0.2) is 0 Å². The predicted octanol–water partition coefficient (Wildman–Crippen LogP) is 2.59. The Bertz CT molecular complexity index is 335. The Morgan fingerprint density at radius 1 is 1.31 bits per heavy atom. The molecule has 1 saturated carbocycles. The van der Waals surface area contributed by atoms with Crippen molar-refractivity contribution in [3.05, 3.63) is 35.9 Å². The highest BCUT2D eigenvalue weighted by Crippen LogP contribution is 2.19. The summed E-state index contributed by atoms with van der Waals surface area (Å²) in [6.45, 7) is 0. The van der Waals surface area contributed by atoms with Crippen LogP contribution in [0.3, 0.4) is 0 Å². The maximum Gasteiger partial charge on any atom is 0.221 e. The zero-order valence-corrected chi connectivity index (χ0v) is 10.1. The van der Waals surface area contributed by atoms with E-state index in [0.717, 1.165) is 11.5 Å². The van der Waals surface area contributed by atoms with Gasteiger partial charge in [-0.2, -0.15) is 11.8 Å². The van der Waals surface area contributed by atoms with Crippen LogP contribution in [0.25, 0.3) is 0 Å². The zero-order chi connectivity index (χ0) is 11.2. The summed E-state index contributed by atoms with van der Waals surface area (Å²) in [6.07, 6.45) is 2.99. The summed E-state index contributed by atoms with van der Waals surface area (Å²) in [7, 11) is 0. The van der Waals surface area contributed by atoms with Crippen molar-refractivity contribution in [2.24, 2.45) is 0 Å². The number of benzene rings is 1. The van der Waals surface area contributed by atoms with E-state index in [2.05, 4.69) is 29.6 Å². The normalized spacial score (nSPS) is 14.8. The van der Waals surface area contributed by atoms with E-state index in [1.54, 1.807) is 0 Å². The second-order valence-electron chi connectivity index (χ2n) is 4.13. The monoisotopic (exact) mass is 235 g/mol. The molecule has 2 rings (SSSR count). The molecule has 0 aliphatic heterocycles. The van der Waals surface area contributed by atoms with E-state index < -0.39 is 0 Å². The molecular formula is C13H17NOS. The van der Waals surface area contributed by atoms with Gasteiger partial charge in [-0.1, -0.05) is 30.3 Å². The summed E-state index contributed by atoms with van der Waals surface area (Å²) in [4.78, 5) is 11.4. The van der Waals surface area contributed by atoms with Gasteiger partial charge in [-0.15, -0.1) is 0 Å². The molecule has 1 amide bonds. The molecule has 2 nitrogen and oxygen atoms in total. The van der Waals surface area contributed by atoms with Crippen LogP contribution in [0.5, 0.6) is 0 Å². The fourth-order valence-corrected chi connectivity index (χ4v) is 2.36. The second kappa shape index (κ2) is 5.94. The maximum atomic E-state index is 11.4. The SMILES string of the molecule is O=C(CCSCc1ccccc1)NC1CC1. The number of hydrogen-bond acceptors (Lipinski definition) is 2. The van der Waals surface area contributed by atoms with Gasteiger partial charge in [0.05, 0.1) is 0 Å². The Hall–Kier alpha value is -0.960. The Kier molecular flexibility index (Phi) is 4.28. The number of rotatable bonds is 6. The third-order valence-electron chi connectivity index (χ3n) is 2.53. The molecule has 0 spiro atoms. The lowest BCUT2D eigenvalue weighted by atomic mass is 10.2. The highest BCUT2D eigenvalue weighted by molar-refractivity contribution is 7.98. The van der Waals surface area contributed by atoms with Gasteiger partial charge in [0.1, 0.15) is 0 Å². The molecule has 0 unspecified atom stereocenters. The van der Waals surface area contributed by atoms with E-state index >= 15 is 0 Å². The standard InChI is InChI=1S/C13H17NOS/c15-13(14-12-6-7-12)8-9-16-10-11-4-2-1-3-5-11/h1-5,12H,6-10H2,(H,14,15). The number of nitrogens with one attached hydrogen (secondary N) is 1. The lowest BCUT2D eigenvalue weighted by molar-refractivity contribution is -0.120. The molecule has 1 aliphatic carbocycles. The smallest absolute Gasteiger partial charge is 0.221 e. The summed E-state index contributed by atoms with van der Waals surface area (Å²) < 4.78 is 0. The van der Waals surface area contributed by atoms with Gasteiger partial charge in [-0.3, -0.25) is 4.79 Å². The van der Waals surface area contributed by atoms with Gasteiger partial charge in [0, 0.05) is 24.0 Å². The average molecular weight is 235 g/mol. The Morgan fingerprint density at radius 3 is 2.75 bits per heavy atom. The van der Waals surface area contributed by atoms with Crippen LogP contribution in [-0.4, -0.2) is 17.7 Å². The van der Waals surface area contributed by atoms with E-state index in [-0.39, 0.29) is 5.91 Å². The van der Waals surface area contributed by atoms with Crippen molar-refractivity contribution in [3.8, 4) is 0 Å². The number of carbonyl (C=O) groups is 1. The first-order valence-corrected chi connectivity index (χ1v) is 6.91. The van der Waals surface area contributed by atoms with Crippen LogP contribution in [0.4, 0.5) is 0 Å². The van der Waals surface area contributed by atoms with Crippen LogP contribution in [-0.2, 0) is 10.5 Å². The third kappa shape index (κ3) is 4.27. The van der Waals surface area contributed by atoms with E-state index in [9.17, 15) is 4.79 Å².